The third kappa shape index (κ3) is 4.97. The molecule has 5 rings (SSSR count). The van der Waals surface area contributed by atoms with E-state index in [1.807, 2.05) is 60.8 Å². The number of non-ortho nitro benzene ring substituents is 1. The van der Waals surface area contributed by atoms with Gasteiger partial charge in [-0.15, -0.1) is 0 Å². The highest BCUT2D eigenvalue weighted by Crippen LogP contribution is 2.36. The maximum Gasteiger partial charge on any atom is 0.269 e. The lowest BCUT2D eigenvalue weighted by molar-refractivity contribution is -0.384. The van der Waals surface area contributed by atoms with E-state index in [1.165, 1.54) is 6.07 Å². The Morgan fingerprint density at radius 2 is 1.86 bits per heavy atom. The topological polar surface area (TPSA) is 114 Å². The van der Waals surface area contributed by atoms with Crippen molar-refractivity contribution in [1.82, 2.24) is 20.3 Å². The molecule has 0 radical (unpaired) electrons. The van der Waals surface area contributed by atoms with Crippen LogP contribution in [0.5, 0.6) is 0 Å². The summed E-state index contributed by atoms with van der Waals surface area (Å²) >= 11 is 0. The monoisotopic (exact) mass is 477 g/mol. The van der Waals surface area contributed by atoms with Crippen LogP contribution in [0.3, 0.4) is 0 Å². The van der Waals surface area contributed by atoms with Gasteiger partial charge in [0.15, 0.2) is 0 Å². The van der Waals surface area contributed by atoms with Crippen LogP contribution in [0.4, 0.5) is 5.69 Å². The maximum atomic E-state index is 13.0. The van der Waals surface area contributed by atoms with Crippen molar-refractivity contribution in [1.29, 1.82) is 0 Å². The number of carbonyl (C=O) groups is 1. The van der Waals surface area contributed by atoms with Gasteiger partial charge in [-0.05, 0) is 47.0 Å². The van der Waals surface area contributed by atoms with Crippen molar-refractivity contribution in [2.45, 2.75) is 18.9 Å². The molecule has 1 amide bonds. The summed E-state index contributed by atoms with van der Waals surface area (Å²) in [6.07, 6.45) is 7.13. The second-order valence-electron chi connectivity index (χ2n) is 8.46. The van der Waals surface area contributed by atoms with Gasteiger partial charge in [-0.1, -0.05) is 30.3 Å². The van der Waals surface area contributed by atoms with Crippen molar-refractivity contribution in [3.05, 3.63) is 124 Å². The predicted molar refractivity (Wildman–Crippen MR) is 137 cm³/mol. The van der Waals surface area contributed by atoms with E-state index < -0.39 is 4.92 Å². The minimum atomic E-state index is -0.418. The fraction of sp³-hybridized carbons (Fsp3) is 0.107. The Morgan fingerprint density at radius 3 is 2.64 bits per heavy atom. The van der Waals surface area contributed by atoms with Crippen molar-refractivity contribution in [3.63, 3.8) is 0 Å². The molecule has 1 atom stereocenters. The highest BCUT2D eigenvalue weighted by atomic mass is 16.6. The first-order valence-corrected chi connectivity index (χ1v) is 11.5. The number of pyridine rings is 2. The minimum Gasteiger partial charge on any atom is -0.361 e. The van der Waals surface area contributed by atoms with E-state index in [0.29, 0.717) is 12.1 Å². The SMILES string of the molecule is O=C(C[C@H](c1cccc([N+](=O)[O-])c1)c1c[nH]c2cc(-c3ccccn3)ccc12)NCc1ccncc1. The summed E-state index contributed by atoms with van der Waals surface area (Å²) in [5.74, 6) is -0.528. The molecule has 0 bridgehead atoms. The molecule has 5 aromatic rings. The molecule has 0 fully saturated rings. The molecule has 3 aromatic heterocycles. The second-order valence-corrected chi connectivity index (χ2v) is 8.46. The largest absolute Gasteiger partial charge is 0.361 e. The number of fused-ring (bicyclic) bond motifs is 1. The summed E-state index contributed by atoms with van der Waals surface area (Å²) in [5, 5.41) is 15.3. The molecular formula is C28H23N5O3. The first-order chi connectivity index (χ1) is 17.6. The molecule has 0 saturated carbocycles. The number of hydrogen-bond donors (Lipinski definition) is 2. The predicted octanol–water partition coefficient (Wildman–Crippen LogP) is 5.37. The zero-order valence-electron chi connectivity index (χ0n) is 19.3. The van der Waals surface area contributed by atoms with E-state index in [1.54, 1.807) is 30.7 Å². The molecule has 2 N–H and O–H groups in total. The van der Waals surface area contributed by atoms with Crippen molar-refractivity contribution < 1.29 is 9.72 Å². The number of rotatable bonds is 8. The van der Waals surface area contributed by atoms with E-state index in [2.05, 4.69) is 20.3 Å². The lowest BCUT2D eigenvalue weighted by atomic mass is 9.87. The van der Waals surface area contributed by atoms with Gasteiger partial charge >= 0.3 is 0 Å². The molecule has 0 aliphatic rings. The summed E-state index contributed by atoms with van der Waals surface area (Å²) in [5.41, 5.74) is 5.28. The van der Waals surface area contributed by atoms with Crippen LogP contribution >= 0.6 is 0 Å². The van der Waals surface area contributed by atoms with E-state index in [0.717, 1.165) is 33.3 Å². The summed E-state index contributed by atoms with van der Waals surface area (Å²) < 4.78 is 0. The fourth-order valence-electron chi connectivity index (χ4n) is 4.35. The van der Waals surface area contributed by atoms with Gasteiger partial charge in [0.05, 0.1) is 10.6 Å². The van der Waals surface area contributed by atoms with Crippen molar-refractivity contribution >= 4 is 22.5 Å². The molecule has 0 saturated heterocycles. The standard InChI is InChI=1S/C28H23N5O3/c34-28(32-17-19-9-12-29-13-10-19)16-24(20-4-3-5-22(14-20)33(35)36)25-18-31-27-15-21(7-8-23(25)27)26-6-1-2-11-30-26/h1-15,18,24,31H,16-17H2,(H,32,34)/t24-/m1/s1. The van der Waals surface area contributed by atoms with Gasteiger partial charge in [-0.3, -0.25) is 24.9 Å². The van der Waals surface area contributed by atoms with Crippen LogP contribution in [-0.4, -0.2) is 25.8 Å². The van der Waals surface area contributed by atoms with Gasteiger partial charge in [0.25, 0.3) is 5.69 Å². The molecule has 178 valence electrons. The Balaban J connectivity index is 1.48. The van der Waals surface area contributed by atoms with Crippen LogP contribution in [0.1, 0.15) is 29.0 Å². The highest BCUT2D eigenvalue weighted by molar-refractivity contribution is 5.89. The lowest BCUT2D eigenvalue weighted by Crippen LogP contribution is -2.25. The maximum absolute atomic E-state index is 13.0. The molecule has 0 aliphatic heterocycles. The van der Waals surface area contributed by atoms with Crippen LogP contribution in [0.25, 0.3) is 22.2 Å². The zero-order chi connectivity index (χ0) is 24.9. The average Bonchev–Trinajstić information content (AvgIpc) is 3.35. The molecular weight excluding hydrogens is 454 g/mol. The number of aromatic amines is 1. The van der Waals surface area contributed by atoms with Gasteiger partial charge in [0.2, 0.25) is 5.91 Å². The Morgan fingerprint density at radius 1 is 1.00 bits per heavy atom. The first kappa shape index (κ1) is 22.9. The van der Waals surface area contributed by atoms with Gasteiger partial charge in [0.1, 0.15) is 0 Å². The molecule has 3 heterocycles. The summed E-state index contributed by atoms with van der Waals surface area (Å²) in [4.78, 5) is 35.8. The van der Waals surface area contributed by atoms with Gasteiger partial charge in [-0.25, -0.2) is 0 Å². The van der Waals surface area contributed by atoms with Crippen molar-refractivity contribution in [3.8, 4) is 11.3 Å². The van der Waals surface area contributed by atoms with E-state index in [-0.39, 0.29) is 23.9 Å². The smallest absolute Gasteiger partial charge is 0.269 e. The minimum absolute atomic E-state index is 0.00743. The molecule has 0 unspecified atom stereocenters. The first-order valence-electron chi connectivity index (χ1n) is 11.5. The molecule has 8 nitrogen and oxygen atoms in total. The van der Waals surface area contributed by atoms with Gasteiger partial charge < -0.3 is 10.3 Å². The van der Waals surface area contributed by atoms with E-state index in [9.17, 15) is 14.9 Å². The second kappa shape index (κ2) is 10.2. The van der Waals surface area contributed by atoms with Gasteiger partial charge in [0, 0.05) is 72.3 Å². The Hall–Kier alpha value is -4.85. The Kier molecular flexibility index (Phi) is 6.48. The molecule has 2 aromatic carbocycles. The lowest BCUT2D eigenvalue weighted by Gasteiger charge is -2.17. The number of benzene rings is 2. The van der Waals surface area contributed by atoms with E-state index in [4.69, 9.17) is 0 Å². The Labute approximate surface area is 207 Å². The number of aromatic nitrogens is 3. The number of amides is 1. The third-order valence-corrected chi connectivity index (χ3v) is 6.16. The van der Waals surface area contributed by atoms with Crippen LogP contribution in [0, 0.1) is 10.1 Å². The van der Waals surface area contributed by atoms with Crippen LogP contribution in [0.15, 0.2) is 97.6 Å². The zero-order valence-corrected chi connectivity index (χ0v) is 19.3. The fourth-order valence-corrected chi connectivity index (χ4v) is 4.35. The number of nitro groups is 1. The van der Waals surface area contributed by atoms with Gasteiger partial charge in [-0.2, -0.15) is 0 Å². The number of nitrogens with one attached hydrogen (secondary N) is 2. The molecule has 0 spiro atoms. The number of carbonyl (C=O) groups excluding carboxylic acids is 1. The summed E-state index contributed by atoms with van der Waals surface area (Å²) in [7, 11) is 0. The molecule has 36 heavy (non-hydrogen) atoms. The normalized spacial score (nSPS) is 11.8. The highest BCUT2D eigenvalue weighted by Gasteiger charge is 2.23. The number of nitrogens with zero attached hydrogens (tertiary/aromatic N) is 3. The quantitative estimate of drug-likeness (QED) is 0.230. The molecule has 8 heteroatoms. The number of hydrogen-bond acceptors (Lipinski definition) is 5. The summed E-state index contributed by atoms with van der Waals surface area (Å²) in [6.45, 7) is 0.379. The Bertz CT molecular complexity index is 1520. The van der Waals surface area contributed by atoms with Crippen molar-refractivity contribution in [2.75, 3.05) is 0 Å². The van der Waals surface area contributed by atoms with Crippen molar-refractivity contribution in [2.24, 2.45) is 0 Å². The number of nitro benzene ring substituents is 1. The number of H-pyrrole nitrogens is 1. The van der Waals surface area contributed by atoms with Crippen LogP contribution in [-0.2, 0) is 11.3 Å². The van der Waals surface area contributed by atoms with E-state index >= 15 is 0 Å². The van der Waals surface area contributed by atoms with Crippen LogP contribution in [0.2, 0.25) is 0 Å². The molecule has 0 aliphatic carbocycles. The van der Waals surface area contributed by atoms with Crippen LogP contribution < -0.4 is 5.32 Å². The third-order valence-electron chi connectivity index (χ3n) is 6.16. The summed E-state index contributed by atoms with van der Waals surface area (Å²) in [6, 6.07) is 22.0. The average molecular weight is 478 g/mol.